The Morgan fingerprint density at radius 2 is 2.50 bits per heavy atom. The molecule has 0 radical (unpaired) electrons. The summed E-state index contributed by atoms with van der Waals surface area (Å²) < 4.78 is 1.75. The fourth-order valence-corrected chi connectivity index (χ4v) is 2.03. The van der Waals surface area contributed by atoms with Crippen LogP contribution >= 0.6 is 0 Å². The van der Waals surface area contributed by atoms with Crippen molar-refractivity contribution in [3.05, 3.63) is 18.0 Å². The van der Waals surface area contributed by atoms with E-state index < -0.39 is 0 Å². The van der Waals surface area contributed by atoms with E-state index in [1.807, 2.05) is 19.4 Å². The molecule has 0 spiro atoms. The lowest BCUT2D eigenvalue weighted by atomic mass is 10.1. The third kappa shape index (κ3) is 2.23. The first kappa shape index (κ1) is 11.1. The number of nitrogens with one attached hydrogen (secondary N) is 1. The smallest absolute Gasteiger partial charge is 0.234 e. The summed E-state index contributed by atoms with van der Waals surface area (Å²) in [4.78, 5) is 13.4. The van der Waals surface area contributed by atoms with Gasteiger partial charge in [0.25, 0.3) is 0 Å². The number of piperazine rings is 1. The normalized spacial score (nSPS) is 19.5. The van der Waals surface area contributed by atoms with E-state index in [1.54, 1.807) is 4.68 Å². The van der Waals surface area contributed by atoms with Gasteiger partial charge in [0.05, 0.1) is 18.8 Å². The highest BCUT2D eigenvalue weighted by Crippen LogP contribution is 2.19. The maximum atomic E-state index is 11.3. The summed E-state index contributed by atoms with van der Waals surface area (Å²) in [6, 6.07) is 0.0831. The lowest BCUT2D eigenvalue weighted by Crippen LogP contribution is -2.50. The molecule has 6 nitrogen and oxygen atoms in total. The Kier molecular flexibility index (Phi) is 3.21. The van der Waals surface area contributed by atoms with Crippen LogP contribution in [0.3, 0.4) is 0 Å². The topological polar surface area (TPSA) is 76.2 Å². The quantitative estimate of drug-likeness (QED) is 0.678. The van der Waals surface area contributed by atoms with Crippen molar-refractivity contribution in [2.24, 2.45) is 12.8 Å². The van der Waals surface area contributed by atoms with E-state index in [1.165, 1.54) is 0 Å². The number of rotatable bonds is 3. The minimum atomic E-state index is 0.0635. The zero-order chi connectivity index (χ0) is 11.5. The fourth-order valence-electron chi connectivity index (χ4n) is 2.03. The summed E-state index contributed by atoms with van der Waals surface area (Å²) in [6.07, 6.45) is 3.76. The van der Waals surface area contributed by atoms with Gasteiger partial charge in [-0.1, -0.05) is 0 Å². The van der Waals surface area contributed by atoms with Gasteiger partial charge in [0.15, 0.2) is 0 Å². The van der Waals surface area contributed by atoms with Crippen LogP contribution in [0.4, 0.5) is 0 Å². The minimum Gasteiger partial charge on any atom is -0.354 e. The van der Waals surface area contributed by atoms with Crippen LogP contribution in [0.2, 0.25) is 0 Å². The highest BCUT2D eigenvalue weighted by molar-refractivity contribution is 5.78. The predicted octanol–water partition coefficient (Wildman–Crippen LogP) is -1.15. The van der Waals surface area contributed by atoms with Crippen LogP contribution in [0.15, 0.2) is 12.4 Å². The molecule has 88 valence electrons. The van der Waals surface area contributed by atoms with Gasteiger partial charge in [0, 0.05) is 38.4 Å². The number of hydrogen-bond donors (Lipinski definition) is 2. The van der Waals surface area contributed by atoms with E-state index in [0.29, 0.717) is 19.6 Å². The summed E-state index contributed by atoms with van der Waals surface area (Å²) in [7, 11) is 1.87. The molecular weight excluding hydrogens is 206 g/mol. The van der Waals surface area contributed by atoms with Crippen molar-refractivity contribution in [3.63, 3.8) is 0 Å². The molecule has 16 heavy (non-hydrogen) atoms. The van der Waals surface area contributed by atoms with Gasteiger partial charge in [0.1, 0.15) is 0 Å². The molecule has 2 rings (SSSR count). The van der Waals surface area contributed by atoms with Crippen molar-refractivity contribution in [1.29, 1.82) is 0 Å². The van der Waals surface area contributed by atoms with Crippen LogP contribution < -0.4 is 11.1 Å². The number of nitrogens with zero attached hydrogens (tertiary/aromatic N) is 3. The number of amides is 1. The number of carbonyl (C=O) groups is 1. The van der Waals surface area contributed by atoms with E-state index in [2.05, 4.69) is 15.3 Å². The molecule has 1 saturated heterocycles. The molecule has 1 amide bonds. The molecule has 0 aromatic carbocycles. The summed E-state index contributed by atoms with van der Waals surface area (Å²) >= 11 is 0. The van der Waals surface area contributed by atoms with E-state index in [4.69, 9.17) is 5.73 Å². The second-order valence-electron chi connectivity index (χ2n) is 4.02. The van der Waals surface area contributed by atoms with Crippen LogP contribution in [-0.2, 0) is 11.8 Å². The third-order valence-electron chi connectivity index (χ3n) is 2.84. The van der Waals surface area contributed by atoms with Gasteiger partial charge in [-0.25, -0.2) is 0 Å². The van der Waals surface area contributed by atoms with Gasteiger partial charge in [-0.15, -0.1) is 0 Å². The zero-order valence-electron chi connectivity index (χ0n) is 9.39. The average molecular weight is 223 g/mol. The Bertz CT molecular complexity index is 375. The van der Waals surface area contributed by atoms with Crippen molar-refractivity contribution in [1.82, 2.24) is 20.0 Å². The van der Waals surface area contributed by atoms with E-state index in [9.17, 15) is 4.79 Å². The first-order valence-corrected chi connectivity index (χ1v) is 5.40. The molecule has 0 bridgehead atoms. The lowest BCUT2D eigenvalue weighted by molar-refractivity contribution is -0.124. The van der Waals surface area contributed by atoms with Gasteiger partial charge in [-0.05, 0) is 0 Å². The first-order valence-electron chi connectivity index (χ1n) is 5.40. The maximum Gasteiger partial charge on any atom is 0.234 e. The minimum absolute atomic E-state index is 0.0635. The van der Waals surface area contributed by atoms with Crippen LogP contribution in [0, 0.1) is 0 Å². The standard InChI is InChI=1S/C10H17N5O/c1-14-6-8(5-13-14)9(4-11)15-3-2-12-10(16)7-15/h5-6,9H,2-4,7,11H2,1H3,(H,12,16). The molecule has 1 unspecified atom stereocenters. The summed E-state index contributed by atoms with van der Waals surface area (Å²) in [6.45, 7) is 2.44. The van der Waals surface area contributed by atoms with Gasteiger partial charge in [-0.3, -0.25) is 14.4 Å². The zero-order valence-corrected chi connectivity index (χ0v) is 9.39. The Labute approximate surface area is 94.4 Å². The van der Waals surface area contributed by atoms with Gasteiger partial charge < -0.3 is 11.1 Å². The Morgan fingerprint density at radius 1 is 1.69 bits per heavy atom. The van der Waals surface area contributed by atoms with E-state index in [0.717, 1.165) is 12.1 Å². The number of nitrogens with two attached hydrogens (primary N) is 1. The predicted molar refractivity (Wildman–Crippen MR) is 59.6 cm³/mol. The number of aryl methyl sites for hydroxylation is 1. The fraction of sp³-hybridized carbons (Fsp3) is 0.600. The average Bonchev–Trinajstić information content (AvgIpc) is 2.66. The van der Waals surface area contributed by atoms with Crippen LogP contribution in [0.25, 0.3) is 0 Å². The molecule has 1 aliphatic heterocycles. The van der Waals surface area contributed by atoms with E-state index >= 15 is 0 Å². The molecule has 0 saturated carbocycles. The highest BCUT2D eigenvalue weighted by atomic mass is 16.2. The largest absolute Gasteiger partial charge is 0.354 e. The van der Waals surface area contributed by atoms with Crippen molar-refractivity contribution in [3.8, 4) is 0 Å². The van der Waals surface area contributed by atoms with Crippen molar-refractivity contribution < 1.29 is 4.79 Å². The second kappa shape index (κ2) is 4.63. The SMILES string of the molecule is Cn1cc(C(CN)N2CCNC(=O)C2)cn1. The van der Waals surface area contributed by atoms with Crippen molar-refractivity contribution >= 4 is 5.91 Å². The van der Waals surface area contributed by atoms with Crippen molar-refractivity contribution in [2.75, 3.05) is 26.2 Å². The Hall–Kier alpha value is -1.40. The monoisotopic (exact) mass is 223 g/mol. The molecule has 1 aromatic rings. The molecule has 0 aliphatic carbocycles. The lowest BCUT2D eigenvalue weighted by Gasteiger charge is -2.32. The highest BCUT2D eigenvalue weighted by Gasteiger charge is 2.25. The first-order chi connectivity index (χ1) is 7.70. The van der Waals surface area contributed by atoms with Gasteiger partial charge in [-0.2, -0.15) is 5.10 Å². The molecule has 2 heterocycles. The Balaban J connectivity index is 2.12. The number of aromatic nitrogens is 2. The molecule has 1 aromatic heterocycles. The third-order valence-corrected chi connectivity index (χ3v) is 2.84. The van der Waals surface area contributed by atoms with Crippen LogP contribution in [-0.4, -0.2) is 46.8 Å². The summed E-state index contributed by atoms with van der Waals surface area (Å²) in [5.74, 6) is 0.0635. The summed E-state index contributed by atoms with van der Waals surface area (Å²) in [5, 5.41) is 6.94. The van der Waals surface area contributed by atoms with E-state index in [-0.39, 0.29) is 11.9 Å². The molecule has 3 N–H and O–H groups in total. The molecule has 1 aliphatic rings. The summed E-state index contributed by atoms with van der Waals surface area (Å²) in [5.41, 5.74) is 6.85. The van der Waals surface area contributed by atoms with Crippen molar-refractivity contribution in [2.45, 2.75) is 6.04 Å². The molecular formula is C10H17N5O. The van der Waals surface area contributed by atoms with Gasteiger partial charge in [0.2, 0.25) is 5.91 Å². The maximum absolute atomic E-state index is 11.3. The van der Waals surface area contributed by atoms with Gasteiger partial charge >= 0.3 is 0 Å². The van der Waals surface area contributed by atoms with Crippen LogP contribution in [0.5, 0.6) is 0 Å². The molecule has 1 fully saturated rings. The number of carbonyl (C=O) groups excluding carboxylic acids is 1. The second-order valence-corrected chi connectivity index (χ2v) is 4.02. The van der Waals surface area contributed by atoms with Crippen LogP contribution in [0.1, 0.15) is 11.6 Å². The number of hydrogen-bond acceptors (Lipinski definition) is 4. The Morgan fingerprint density at radius 3 is 3.06 bits per heavy atom. The molecule has 6 heteroatoms. The molecule has 1 atom stereocenters.